The minimum atomic E-state index is -0.0318. The van der Waals surface area contributed by atoms with Gasteiger partial charge >= 0.3 is 0 Å². The molecule has 0 aromatic carbocycles. The van der Waals surface area contributed by atoms with E-state index in [1.807, 2.05) is 0 Å². The molecular formula is C12H21N5. The molecule has 1 rings (SSSR count). The SMILES string of the molecule is CCC(C)CN(CC)c1nccnc1C(=N)N. The molecule has 17 heavy (non-hydrogen) atoms. The maximum absolute atomic E-state index is 7.52. The van der Waals surface area contributed by atoms with Gasteiger partial charge in [0.2, 0.25) is 0 Å². The second-order valence-corrected chi connectivity index (χ2v) is 4.19. The van der Waals surface area contributed by atoms with Gasteiger partial charge in [-0.3, -0.25) is 5.41 Å². The van der Waals surface area contributed by atoms with Crippen molar-refractivity contribution in [2.24, 2.45) is 11.7 Å². The van der Waals surface area contributed by atoms with Gasteiger partial charge in [0, 0.05) is 25.5 Å². The van der Waals surface area contributed by atoms with Crippen molar-refractivity contribution in [3.63, 3.8) is 0 Å². The Bertz CT molecular complexity index is 377. The Morgan fingerprint density at radius 2 is 2.06 bits per heavy atom. The van der Waals surface area contributed by atoms with Crippen molar-refractivity contribution in [2.45, 2.75) is 27.2 Å². The molecule has 0 spiro atoms. The number of nitrogens with one attached hydrogen (secondary N) is 1. The van der Waals surface area contributed by atoms with Crippen LogP contribution in [0.4, 0.5) is 5.82 Å². The van der Waals surface area contributed by atoms with Gasteiger partial charge in [0.05, 0.1) is 0 Å². The molecule has 1 aromatic rings. The van der Waals surface area contributed by atoms with E-state index in [0.29, 0.717) is 17.4 Å². The van der Waals surface area contributed by atoms with Crippen LogP contribution in [0.2, 0.25) is 0 Å². The molecule has 5 heteroatoms. The Balaban J connectivity index is 2.99. The fraction of sp³-hybridized carbons (Fsp3) is 0.583. The van der Waals surface area contributed by atoms with E-state index in [4.69, 9.17) is 11.1 Å². The highest BCUT2D eigenvalue weighted by Crippen LogP contribution is 2.16. The molecule has 1 heterocycles. The molecule has 1 unspecified atom stereocenters. The van der Waals surface area contributed by atoms with Crippen LogP contribution < -0.4 is 10.6 Å². The molecule has 0 bridgehead atoms. The molecule has 0 saturated heterocycles. The van der Waals surface area contributed by atoms with Gasteiger partial charge in [-0.2, -0.15) is 0 Å². The van der Waals surface area contributed by atoms with E-state index >= 15 is 0 Å². The fourth-order valence-electron chi connectivity index (χ4n) is 1.62. The van der Waals surface area contributed by atoms with Crippen LogP contribution in [0.3, 0.4) is 0 Å². The molecule has 0 amide bonds. The second kappa shape index (κ2) is 6.18. The average Bonchev–Trinajstić information content (AvgIpc) is 2.35. The van der Waals surface area contributed by atoms with Crippen LogP contribution in [-0.4, -0.2) is 28.9 Å². The van der Waals surface area contributed by atoms with Gasteiger partial charge in [-0.05, 0) is 12.8 Å². The number of anilines is 1. The summed E-state index contributed by atoms with van der Waals surface area (Å²) < 4.78 is 0. The second-order valence-electron chi connectivity index (χ2n) is 4.19. The van der Waals surface area contributed by atoms with Gasteiger partial charge in [0.15, 0.2) is 5.82 Å². The minimum Gasteiger partial charge on any atom is -0.382 e. The van der Waals surface area contributed by atoms with Crippen molar-refractivity contribution in [3.05, 3.63) is 18.1 Å². The van der Waals surface area contributed by atoms with Crippen LogP contribution >= 0.6 is 0 Å². The predicted molar refractivity (Wildman–Crippen MR) is 70.4 cm³/mol. The van der Waals surface area contributed by atoms with E-state index in [0.717, 1.165) is 19.5 Å². The number of rotatable bonds is 6. The minimum absolute atomic E-state index is 0.0318. The number of aromatic nitrogens is 2. The molecule has 1 atom stereocenters. The smallest absolute Gasteiger partial charge is 0.158 e. The van der Waals surface area contributed by atoms with Crippen LogP contribution in [0.1, 0.15) is 32.9 Å². The summed E-state index contributed by atoms with van der Waals surface area (Å²) in [4.78, 5) is 10.6. The van der Waals surface area contributed by atoms with Crippen molar-refractivity contribution in [1.82, 2.24) is 9.97 Å². The monoisotopic (exact) mass is 235 g/mol. The summed E-state index contributed by atoms with van der Waals surface area (Å²) in [7, 11) is 0. The first kappa shape index (κ1) is 13.4. The highest BCUT2D eigenvalue weighted by molar-refractivity contribution is 5.97. The molecule has 94 valence electrons. The normalized spacial score (nSPS) is 12.2. The topological polar surface area (TPSA) is 78.9 Å². The summed E-state index contributed by atoms with van der Waals surface area (Å²) in [5, 5.41) is 7.52. The third-order valence-electron chi connectivity index (χ3n) is 2.84. The largest absolute Gasteiger partial charge is 0.382 e. The highest BCUT2D eigenvalue weighted by Gasteiger charge is 2.15. The first-order chi connectivity index (χ1) is 8.10. The van der Waals surface area contributed by atoms with Crippen LogP contribution in [-0.2, 0) is 0 Å². The maximum atomic E-state index is 7.52. The van der Waals surface area contributed by atoms with E-state index in [1.165, 1.54) is 0 Å². The lowest BCUT2D eigenvalue weighted by Gasteiger charge is -2.26. The summed E-state index contributed by atoms with van der Waals surface area (Å²) >= 11 is 0. The molecule has 0 aliphatic carbocycles. The predicted octanol–water partition coefficient (Wildman–Crippen LogP) is 1.63. The summed E-state index contributed by atoms with van der Waals surface area (Å²) in [5.41, 5.74) is 5.99. The zero-order chi connectivity index (χ0) is 12.8. The van der Waals surface area contributed by atoms with E-state index in [1.54, 1.807) is 12.4 Å². The molecule has 0 radical (unpaired) electrons. The standard InChI is InChI=1S/C12H21N5/c1-4-9(3)8-17(5-2)12-10(11(13)14)15-6-7-16-12/h6-7,9H,4-5,8H2,1-3H3,(H3,13,14). The molecule has 0 saturated carbocycles. The van der Waals surface area contributed by atoms with Gasteiger partial charge in [0.1, 0.15) is 11.5 Å². The molecule has 0 aliphatic rings. The molecule has 0 fully saturated rings. The quantitative estimate of drug-likeness (QED) is 0.580. The van der Waals surface area contributed by atoms with Gasteiger partial charge in [-0.25, -0.2) is 9.97 Å². The van der Waals surface area contributed by atoms with Gasteiger partial charge in [-0.1, -0.05) is 20.3 Å². The first-order valence-electron chi connectivity index (χ1n) is 6.00. The summed E-state index contributed by atoms with van der Waals surface area (Å²) in [5.74, 6) is 1.26. The van der Waals surface area contributed by atoms with Gasteiger partial charge < -0.3 is 10.6 Å². The number of hydrogen-bond acceptors (Lipinski definition) is 4. The number of amidine groups is 1. The summed E-state index contributed by atoms with van der Waals surface area (Å²) in [6.07, 6.45) is 4.32. The highest BCUT2D eigenvalue weighted by atomic mass is 15.2. The third-order valence-corrected chi connectivity index (χ3v) is 2.84. The summed E-state index contributed by atoms with van der Waals surface area (Å²) in [6.45, 7) is 8.18. The van der Waals surface area contributed by atoms with Crippen LogP contribution in [0.25, 0.3) is 0 Å². The number of nitrogens with zero attached hydrogens (tertiary/aromatic N) is 3. The lowest BCUT2D eigenvalue weighted by atomic mass is 10.1. The van der Waals surface area contributed by atoms with Crippen LogP contribution in [0.15, 0.2) is 12.4 Å². The zero-order valence-corrected chi connectivity index (χ0v) is 10.8. The first-order valence-corrected chi connectivity index (χ1v) is 6.00. The van der Waals surface area contributed by atoms with E-state index in [-0.39, 0.29) is 5.84 Å². The van der Waals surface area contributed by atoms with Crippen molar-refractivity contribution in [2.75, 3.05) is 18.0 Å². The van der Waals surface area contributed by atoms with Crippen molar-refractivity contribution in [1.29, 1.82) is 5.41 Å². The lowest BCUT2D eigenvalue weighted by Crippen LogP contribution is -2.31. The van der Waals surface area contributed by atoms with Crippen molar-refractivity contribution >= 4 is 11.7 Å². The van der Waals surface area contributed by atoms with Crippen molar-refractivity contribution in [3.8, 4) is 0 Å². The maximum Gasteiger partial charge on any atom is 0.158 e. The van der Waals surface area contributed by atoms with Crippen LogP contribution in [0, 0.1) is 11.3 Å². The Labute approximate surface area is 103 Å². The Kier molecular flexibility index (Phi) is 4.87. The van der Waals surface area contributed by atoms with Crippen molar-refractivity contribution < 1.29 is 0 Å². The molecule has 5 nitrogen and oxygen atoms in total. The van der Waals surface area contributed by atoms with Crippen LogP contribution in [0.5, 0.6) is 0 Å². The fourth-order valence-corrected chi connectivity index (χ4v) is 1.62. The van der Waals surface area contributed by atoms with E-state index < -0.39 is 0 Å². The Morgan fingerprint density at radius 3 is 2.59 bits per heavy atom. The molecule has 3 N–H and O–H groups in total. The lowest BCUT2D eigenvalue weighted by molar-refractivity contribution is 0.545. The molecule has 0 aliphatic heterocycles. The van der Waals surface area contributed by atoms with E-state index in [9.17, 15) is 0 Å². The Hall–Kier alpha value is -1.65. The third kappa shape index (κ3) is 3.41. The van der Waals surface area contributed by atoms with E-state index in [2.05, 4.69) is 35.6 Å². The summed E-state index contributed by atoms with van der Waals surface area (Å²) in [6, 6.07) is 0. The average molecular weight is 235 g/mol. The zero-order valence-electron chi connectivity index (χ0n) is 10.8. The van der Waals surface area contributed by atoms with Gasteiger partial charge in [-0.15, -0.1) is 0 Å². The molecule has 1 aromatic heterocycles. The number of nitrogen functional groups attached to an aromatic ring is 1. The van der Waals surface area contributed by atoms with Gasteiger partial charge in [0.25, 0.3) is 0 Å². The molecular weight excluding hydrogens is 214 g/mol. The number of hydrogen-bond donors (Lipinski definition) is 2. The Morgan fingerprint density at radius 1 is 1.41 bits per heavy atom. The number of nitrogens with two attached hydrogens (primary N) is 1.